The third-order valence-corrected chi connectivity index (χ3v) is 3.37. The van der Waals surface area contributed by atoms with Crippen LogP contribution in [0.1, 0.15) is 17.5 Å². The van der Waals surface area contributed by atoms with E-state index in [0.717, 1.165) is 30.6 Å². The summed E-state index contributed by atoms with van der Waals surface area (Å²) < 4.78 is 0. The molecule has 2 aliphatic rings. The fourth-order valence-electron chi connectivity index (χ4n) is 2.43. The van der Waals surface area contributed by atoms with Crippen LogP contribution in [0, 0.1) is 16.7 Å². The molecule has 0 atom stereocenters. The SMILES string of the molecule is N#Cc1ccccc1C1=CC2(CNC2)C1. The Labute approximate surface area is 89.2 Å². The molecule has 1 spiro atoms. The van der Waals surface area contributed by atoms with Gasteiger partial charge in [0.1, 0.15) is 0 Å². The zero-order valence-corrected chi connectivity index (χ0v) is 8.46. The number of nitrogens with zero attached hydrogens (tertiary/aromatic N) is 1. The summed E-state index contributed by atoms with van der Waals surface area (Å²) in [5.74, 6) is 0. The second-order valence-electron chi connectivity index (χ2n) is 4.47. The first-order valence-corrected chi connectivity index (χ1v) is 5.25. The molecule has 2 heteroatoms. The minimum absolute atomic E-state index is 0.428. The van der Waals surface area contributed by atoms with Crippen LogP contribution in [-0.4, -0.2) is 13.1 Å². The van der Waals surface area contributed by atoms with Crippen LogP contribution in [0.4, 0.5) is 0 Å². The first-order chi connectivity index (χ1) is 7.33. The highest BCUT2D eigenvalue weighted by molar-refractivity contribution is 5.76. The van der Waals surface area contributed by atoms with Crippen molar-refractivity contribution in [3.63, 3.8) is 0 Å². The van der Waals surface area contributed by atoms with Crippen molar-refractivity contribution in [1.82, 2.24) is 5.32 Å². The Balaban J connectivity index is 1.96. The van der Waals surface area contributed by atoms with Gasteiger partial charge in [-0.25, -0.2) is 0 Å². The summed E-state index contributed by atoms with van der Waals surface area (Å²) in [5, 5.41) is 12.3. The minimum atomic E-state index is 0.428. The van der Waals surface area contributed by atoms with Crippen LogP contribution in [0.25, 0.3) is 5.57 Å². The first-order valence-electron chi connectivity index (χ1n) is 5.25. The quantitative estimate of drug-likeness (QED) is 0.745. The van der Waals surface area contributed by atoms with E-state index in [1.165, 1.54) is 5.57 Å². The first kappa shape index (κ1) is 8.70. The molecule has 1 fully saturated rings. The molecule has 1 aliphatic heterocycles. The summed E-state index contributed by atoms with van der Waals surface area (Å²) >= 11 is 0. The van der Waals surface area contributed by atoms with Crippen LogP contribution >= 0.6 is 0 Å². The summed E-state index contributed by atoms with van der Waals surface area (Å²) in [6.45, 7) is 2.20. The van der Waals surface area contributed by atoms with Crippen molar-refractivity contribution >= 4 is 5.57 Å². The van der Waals surface area contributed by atoms with E-state index in [1.807, 2.05) is 24.3 Å². The number of hydrogen-bond donors (Lipinski definition) is 1. The standard InChI is InChI=1S/C13H12N2/c14-7-10-3-1-2-4-12(10)11-5-13(6-11)8-15-9-13/h1-5,15H,6,8-9H2. The molecule has 15 heavy (non-hydrogen) atoms. The number of benzene rings is 1. The van der Waals surface area contributed by atoms with Gasteiger partial charge in [-0.3, -0.25) is 0 Å². The van der Waals surface area contributed by atoms with Crippen molar-refractivity contribution < 1.29 is 0 Å². The Bertz CT molecular complexity index is 476. The van der Waals surface area contributed by atoms with Crippen LogP contribution in [0.15, 0.2) is 30.3 Å². The molecule has 1 aliphatic carbocycles. The van der Waals surface area contributed by atoms with E-state index < -0.39 is 0 Å². The molecule has 0 unspecified atom stereocenters. The molecule has 0 aromatic heterocycles. The second-order valence-corrected chi connectivity index (χ2v) is 4.47. The van der Waals surface area contributed by atoms with E-state index >= 15 is 0 Å². The lowest BCUT2D eigenvalue weighted by Crippen LogP contribution is -2.55. The van der Waals surface area contributed by atoms with Crippen molar-refractivity contribution in [3.8, 4) is 6.07 Å². The van der Waals surface area contributed by atoms with Crippen molar-refractivity contribution in [2.24, 2.45) is 5.41 Å². The molecule has 74 valence electrons. The van der Waals surface area contributed by atoms with Gasteiger partial charge in [0.05, 0.1) is 11.6 Å². The highest BCUT2D eigenvalue weighted by Crippen LogP contribution is 2.47. The lowest BCUT2D eigenvalue weighted by Gasteiger charge is -2.48. The van der Waals surface area contributed by atoms with E-state index in [-0.39, 0.29) is 0 Å². The molecule has 1 saturated heterocycles. The largest absolute Gasteiger partial charge is 0.315 e. The maximum absolute atomic E-state index is 9.00. The highest BCUT2D eigenvalue weighted by Gasteiger charge is 2.42. The number of nitrogens with one attached hydrogen (secondary N) is 1. The molecule has 0 amide bonds. The maximum atomic E-state index is 9.00. The summed E-state index contributed by atoms with van der Waals surface area (Å²) in [4.78, 5) is 0. The number of hydrogen-bond acceptors (Lipinski definition) is 2. The summed E-state index contributed by atoms with van der Waals surface area (Å²) in [6.07, 6.45) is 3.46. The Morgan fingerprint density at radius 2 is 2.00 bits per heavy atom. The molecule has 1 aromatic rings. The van der Waals surface area contributed by atoms with Crippen LogP contribution in [0.2, 0.25) is 0 Å². The second kappa shape index (κ2) is 2.95. The Kier molecular flexibility index (Phi) is 1.71. The van der Waals surface area contributed by atoms with Gasteiger partial charge in [0.15, 0.2) is 0 Å². The normalized spacial score (nSPS) is 21.1. The van der Waals surface area contributed by atoms with Gasteiger partial charge >= 0.3 is 0 Å². The van der Waals surface area contributed by atoms with Gasteiger partial charge in [-0.05, 0) is 23.6 Å². The number of rotatable bonds is 1. The van der Waals surface area contributed by atoms with E-state index in [1.54, 1.807) is 0 Å². The molecular weight excluding hydrogens is 184 g/mol. The molecular formula is C13H12N2. The highest BCUT2D eigenvalue weighted by atomic mass is 15.0. The fourth-order valence-corrected chi connectivity index (χ4v) is 2.43. The smallest absolute Gasteiger partial charge is 0.0998 e. The zero-order chi connectivity index (χ0) is 10.3. The van der Waals surface area contributed by atoms with Gasteiger partial charge in [-0.2, -0.15) is 5.26 Å². The molecule has 1 aromatic carbocycles. The molecule has 3 rings (SSSR count). The molecule has 1 heterocycles. The fraction of sp³-hybridized carbons (Fsp3) is 0.308. The molecule has 1 N–H and O–H groups in total. The summed E-state index contributed by atoms with van der Waals surface area (Å²) in [6, 6.07) is 10.1. The molecule has 2 nitrogen and oxygen atoms in total. The molecule has 0 saturated carbocycles. The van der Waals surface area contributed by atoms with Crippen molar-refractivity contribution in [2.45, 2.75) is 6.42 Å². The third kappa shape index (κ3) is 1.20. The van der Waals surface area contributed by atoms with Crippen LogP contribution in [0.3, 0.4) is 0 Å². The van der Waals surface area contributed by atoms with Crippen LogP contribution in [-0.2, 0) is 0 Å². The zero-order valence-electron chi connectivity index (χ0n) is 8.46. The predicted octanol–water partition coefficient (Wildman–Crippen LogP) is 1.93. The third-order valence-electron chi connectivity index (χ3n) is 3.37. The lowest BCUT2D eigenvalue weighted by atomic mass is 9.65. The van der Waals surface area contributed by atoms with E-state index in [0.29, 0.717) is 5.41 Å². The Hall–Kier alpha value is -1.59. The lowest BCUT2D eigenvalue weighted by molar-refractivity contribution is 0.225. The van der Waals surface area contributed by atoms with Gasteiger partial charge in [-0.1, -0.05) is 24.3 Å². The Morgan fingerprint density at radius 1 is 1.27 bits per heavy atom. The monoisotopic (exact) mass is 196 g/mol. The van der Waals surface area contributed by atoms with E-state index in [2.05, 4.69) is 17.5 Å². The van der Waals surface area contributed by atoms with Gasteiger partial charge < -0.3 is 5.32 Å². The van der Waals surface area contributed by atoms with E-state index in [9.17, 15) is 0 Å². The topological polar surface area (TPSA) is 35.8 Å². The van der Waals surface area contributed by atoms with Gasteiger partial charge in [0, 0.05) is 18.5 Å². The van der Waals surface area contributed by atoms with Crippen LogP contribution < -0.4 is 5.32 Å². The average Bonchev–Trinajstić information content (AvgIpc) is 2.14. The summed E-state index contributed by atoms with van der Waals surface area (Å²) in [7, 11) is 0. The van der Waals surface area contributed by atoms with E-state index in [4.69, 9.17) is 5.26 Å². The Morgan fingerprint density at radius 3 is 2.60 bits per heavy atom. The minimum Gasteiger partial charge on any atom is -0.315 e. The van der Waals surface area contributed by atoms with Crippen molar-refractivity contribution in [3.05, 3.63) is 41.5 Å². The van der Waals surface area contributed by atoms with Crippen LogP contribution in [0.5, 0.6) is 0 Å². The van der Waals surface area contributed by atoms with Crippen molar-refractivity contribution in [1.29, 1.82) is 5.26 Å². The average molecular weight is 196 g/mol. The number of nitriles is 1. The summed E-state index contributed by atoms with van der Waals surface area (Å²) in [5.41, 5.74) is 3.69. The van der Waals surface area contributed by atoms with Gasteiger partial charge in [0.25, 0.3) is 0 Å². The van der Waals surface area contributed by atoms with Crippen molar-refractivity contribution in [2.75, 3.05) is 13.1 Å². The maximum Gasteiger partial charge on any atom is 0.0998 e. The molecule has 0 radical (unpaired) electrons. The van der Waals surface area contributed by atoms with Gasteiger partial charge in [0.2, 0.25) is 0 Å². The molecule has 0 bridgehead atoms. The number of allylic oxidation sites excluding steroid dienone is 1. The predicted molar refractivity (Wildman–Crippen MR) is 59.1 cm³/mol. The van der Waals surface area contributed by atoms with Gasteiger partial charge in [-0.15, -0.1) is 0 Å².